The molecule has 2 N–H and O–H groups in total. The molecule has 3 rings (SSSR count). The first-order valence-corrected chi connectivity index (χ1v) is 8.37. The smallest absolute Gasteiger partial charge is 0.1000 e. The predicted octanol–water partition coefficient (Wildman–Crippen LogP) is 3.95. The molecule has 3 aromatic rings. The number of hydrogen-bond acceptors (Lipinski definition) is 4. The summed E-state index contributed by atoms with van der Waals surface area (Å²) < 4.78 is 0. The van der Waals surface area contributed by atoms with Gasteiger partial charge in [-0.15, -0.1) is 0 Å². The fourth-order valence-corrected chi connectivity index (χ4v) is 3.51. The van der Waals surface area contributed by atoms with Gasteiger partial charge in [0.05, 0.1) is 11.1 Å². The first kappa shape index (κ1) is 15.4. The molecule has 2 heterocycles. The fraction of sp³-hybridized carbons (Fsp3) is 0.235. The molecule has 5 heteroatoms. The maximum absolute atomic E-state index is 10.5. The molecule has 22 heavy (non-hydrogen) atoms. The van der Waals surface area contributed by atoms with E-state index in [0.29, 0.717) is 18.1 Å². The SMILES string of the molecule is CC(O)(CNCc1cc(Cl)cc2cccnc12)c1ccsc1. The number of nitrogens with zero attached hydrogens (tertiary/aromatic N) is 1. The van der Waals surface area contributed by atoms with E-state index in [9.17, 15) is 5.11 Å². The lowest BCUT2D eigenvalue weighted by Gasteiger charge is -2.23. The molecule has 0 bridgehead atoms. The summed E-state index contributed by atoms with van der Waals surface area (Å²) in [4.78, 5) is 4.43. The molecule has 0 fully saturated rings. The molecule has 0 aliphatic rings. The molecule has 1 atom stereocenters. The van der Waals surface area contributed by atoms with Crippen LogP contribution in [0.25, 0.3) is 10.9 Å². The zero-order valence-electron chi connectivity index (χ0n) is 12.2. The monoisotopic (exact) mass is 332 g/mol. The third-order valence-corrected chi connectivity index (χ3v) is 4.58. The van der Waals surface area contributed by atoms with E-state index in [1.165, 1.54) is 0 Å². The zero-order chi connectivity index (χ0) is 15.6. The van der Waals surface area contributed by atoms with Gasteiger partial charge in [0.15, 0.2) is 0 Å². The lowest BCUT2D eigenvalue weighted by molar-refractivity contribution is 0.0571. The van der Waals surface area contributed by atoms with Crippen molar-refractivity contribution < 1.29 is 5.11 Å². The van der Waals surface area contributed by atoms with Crippen LogP contribution in [-0.2, 0) is 12.1 Å². The van der Waals surface area contributed by atoms with Crippen LogP contribution in [0.4, 0.5) is 0 Å². The average molecular weight is 333 g/mol. The molecule has 1 unspecified atom stereocenters. The second-order valence-corrected chi connectivity index (χ2v) is 6.75. The van der Waals surface area contributed by atoms with Crippen LogP contribution >= 0.6 is 22.9 Å². The Hall–Kier alpha value is -1.46. The quantitative estimate of drug-likeness (QED) is 0.743. The molecule has 0 aliphatic heterocycles. The van der Waals surface area contributed by atoms with Crippen molar-refractivity contribution in [1.82, 2.24) is 10.3 Å². The highest BCUT2D eigenvalue weighted by Gasteiger charge is 2.22. The average Bonchev–Trinajstić information content (AvgIpc) is 3.02. The number of thiophene rings is 1. The number of aromatic nitrogens is 1. The fourth-order valence-electron chi connectivity index (χ4n) is 2.48. The molecule has 1 aromatic carbocycles. The first-order valence-electron chi connectivity index (χ1n) is 7.05. The third-order valence-electron chi connectivity index (χ3n) is 3.68. The van der Waals surface area contributed by atoms with E-state index in [1.807, 2.05) is 48.0 Å². The molecule has 2 aromatic heterocycles. The van der Waals surface area contributed by atoms with E-state index in [1.54, 1.807) is 17.5 Å². The van der Waals surface area contributed by atoms with Crippen molar-refractivity contribution >= 4 is 33.8 Å². The largest absolute Gasteiger partial charge is 0.384 e. The maximum atomic E-state index is 10.5. The molecule has 3 nitrogen and oxygen atoms in total. The van der Waals surface area contributed by atoms with Gasteiger partial charge in [0, 0.05) is 29.7 Å². The van der Waals surface area contributed by atoms with Gasteiger partial charge in [0.2, 0.25) is 0 Å². The highest BCUT2D eigenvalue weighted by Crippen LogP contribution is 2.24. The lowest BCUT2D eigenvalue weighted by Crippen LogP contribution is -2.34. The Balaban J connectivity index is 1.75. The number of nitrogens with one attached hydrogen (secondary N) is 1. The molecular formula is C17H17ClN2OS. The van der Waals surface area contributed by atoms with E-state index < -0.39 is 5.60 Å². The summed E-state index contributed by atoms with van der Waals surface area (Å²) in [6.45, 7) is 2.88. The van der Waals surface area contributed by atoms with Gasteiger partial charge in [-0.25, -0.2) is 0 Å². The number of hydrogen-bond donors (Lipinski definition) is 2. The van der Waals surface area contributed by atoms with Crippen molar-refractivity contribution in [2.75, 3.05) is 6.54 Å². The topological polar surface area (TPSA) is 45.1 Å². The Bertz CT molecular complexity index is 771. The Kier molecular flexibility index (Phi) is 4.45. The number of halogens is 1. The molecule has 0 radical (unpaired) electrons. The van der Waals surface area contributed by atoms with Gasteiger partial charge < -0.3 is 10.4 Å². The zero-order valence-corrected chi connectivity index (χ0v) is 13.8. The summed E-state index contributed by atoms with van der Waals surface area (Å²) in [6.07, 6.45) is 1.78. The van der Waals surface area contributed by atoms with Crippen molar-refractivity contribution in [1.29, 1.82) is 0 Å². The summed E-state index contributed by atoms with van der Waals surface area (Å²) in [5.74, 6) is 0. The van der Waals surface area contributed by atoms with Crippen LogP contribution in [0.5, 0.6) is 0 Å². The number of rotatable bonds is 5. The van der Waals surface area contributed by atoms with Gasteiger partial charge in [-0.05, 0) is 53.1 Å². The Labute approximate surface area is 138 Å². The summed E-state index contributed by atoms with van der Waals surface area (Å²) >= 11 is 7.76. The minimum Gasteiger partial charge on any atom is -0.384 e. The maximum Gasteiger partial charge on any atom is 0.1000 e. The van der Waals surface area contributed by atoms with Crippen LogP contribution in [0, 0.1) is 0 Å². The lowest BCUT2D eigenvalue weighted by atomic mass is 9.99. The van der Waals surface area contributed by atoms with Crippen LogP contribution in [0.1, 0.15) is 18.1 Å². The minimum absolute atomic E-state index is 0.463. The summed E-state index contributed by atoms with van der Waals surface area (Å²) in [5, 5.41) is 19.5. The van der Waals surface area contributed by atoms with Gasteiger partial charge in [-0.2, -0.15) is 11.3 Å². The second-order valence-electron chi connectivity index (χ2n) is 5.53. The Morgan fingerprint density at radius 3 is 3.00 bits per heavy atom. The Morgan fingerprint density at radius 1 is 1.36 bits per heavy atom. The van der Waals surface area contributed by atoms with E-state index in [-0.39, 0.29) is 0 Å². The van der Waals surface area contributed by atoms with Gasteiger partial charge >= 0.3 is 0 Å². The molecular weight excluding hydrogens is 316 g/mol. The molecule has 0 aliphatic carbocycles. The van der Waals surface area contributed by atoms with Crippen molar-refractivity contribution in [3.8, 4) is 0 Å². The molecule has 114 valence electrons. The van der Waals surface area contributed by atoms with E-state index >= 15 is 0 Å². The minimum atomic E-state index is -0.887. The van der Waals surface area contributed by atoms with Crippen molar-refractivity contribution in [3.05, 3.63) is 63.4 Å². The number of benzene rings is 1. The van der Waals surface area contributed by atoms with Crippen LogP contribution in [-0.4, -0.2) is 16.6 Å². The van der Waals surface area contributed by atoms with Crippen LogP contribution in [0.15, 0.2) is 47.3 Å². The normalized spacial score (nSPS) is 14.1. The van der Waals surface area contributed by atoms with E-state index in [4.69, 9.17) is 11.6 Å². The summed E-state index contributed by atoms with van der Waals surface area (Å²) in [7, 11) is 0. The summed E-state index contributed by atoms with van der Waals surface area (Å²) in [6, 6.07) is 9.68. The highest BCUT2D eigenvalue weighted by atomic mass is 35.5. The van der Waals surface area contributed by atoms with Gasteiger partial charge in [-0.3, -0.25) is 4.98 Å². The first-order chi connectivity index (χ1) is 10.6. The van der Waals surface area contributed by atoms with Gasteiger partial charge in [0.25, 0.3) is 0 Å². The third kappa shape index (κ3) is 3.31. The molecule has 0 saturated carbocycles. The van der Waals surface area contributed by atoms with Gasteiger partial charge in [0.1, 0.15) is 0 Å². The van der Waals surface area contributed by atoms with Crippen molar-refractivity contribution in [2.24, 2.45) is 0 Å². The number of fused-ring (bicyclic) bond motifs is 1. The number of aliphatic hydroxyl groups is 1. The Morgan fingerprint density at radius 2 is 2.23 bits per heavy atom. The predicted molar refractivity (Wildman–Crippen MR) is 92.3 cm³/mol. The van der Waals surface area contributed by atoms with Crippen molar-refractivity contribution in [2.45, 2.75) is 19.1 Å². The van der Waals surface area contributed by atoms with E-state index in [0.717, 1.165) is 22.0 Å². The standard InChI is InChI=1S/C17H17ClN2OS/c1-17(21,14-4-6-22-10-14)11-19-9-13-8-15(18)7-12-3-2-5-20-16(12)13/h2-8,10,19,21H,9,11H2,1H3. The van der Waals surface area contributed by atoms with Gasteiger partial charge in [-0.1, -0.05) is 17.7 Å². The highest BCUT2D eigenvalue weighted by molar-refractivity contribution is 7.08. The molecule has 0 spiro atoms. The van der Waals surface area contributed by atoms with Crippen LogP contribution < -0.4 is 5.32 Å². The van der Waals surface area contributed by atoms with E-state index in [2.05, 4.69) is 10.3 Å². The molecule has 0 saturated heterocycles. The van der Waals surface area contributed by atoms with Crippen LogP contribution in [0.2, 0.25) is 5.02 Å². The second kappa shape index (κ2) is 6.34. The number of pyridine rings is 1. The van der Waals surface area contributed by atoms with Crippen LogP contribution in [0.3, 0.4) is 0 Å². The van der Waals surface area contributed by atoms with Crippen molar-refractivity contribution in [3.63, 3.8) is 0 Å². The summed E-state index contributed by atoms with van der Waals surface area (Å²) in [5.41, 5.74) is 2.01. The molecule has 0 amide bonds.